The Kier molecular flexibility index (Phi) is 3.15. The summed E-state index contributed by atoms with van der Waals surface area (Å²) in [4.78, 5) is 13.6. The standard InChI is InChI=1S/C21H17N5/c1-25-18-6-4-3-5-16(18)23-20(25)14-7-9-15(10-8-14)21-24-17-13-22-12-11-19(17)26(21)2/h3-13H,1-2H3. The van der Waals surface area contributed by atoms with Gasteiger partial charge in [0, 0.05) is 31.4 Å². The highest BCUT2D eigenvalue weighted by Crippen LogP contribution is 2.27. The number of hydrogen-bond donors (Lipinski definition) is 0. The van der Waals surface area contributed by atoms with Gasteiger partial charge in [0.1, 0.15) is 17.2 Å². The van der Waals surface area contributed by atoms with Gasteiger partial charge in [-0.25, -0.2) is 9.97 Å². The minimum absolute atomic E-state index is 0.907. The van der Waals surface area contributed by atoms with Crippen LogP contribution in [-0.2, 0) is 14.1 Å². The second-order valence-electron chi connectivity index (χ2n) is 6.42. The lowest BCUT2D eigenvalue weighted by molar-refractivity contribution is 0.955. The highest BCUT2D eigenvalue weighted by atomic mass is 15.1. The second kappa shape index (κ2) is 5.52. The second-order valence-corrected chi connectivity index (χ2v) is 6.42. The van der Waals surface area contributed by atoms with Gasteiger partial charge in [-0.05, 0) is 18.2 Å². The molecule has 0 saturated carbocycles. The third-order valence-corrected chi connectivity index (χ3v) is 4.87. The Morgan fingerprint density at radius 2 is 1.23 bits per heavy atom. The summed E-state index contributed by atoms with van der Waals surface area (Å²) in [5.41, 5.74) is 6.30. The Hall–Kier alpha value is -3.47. The monoisotopic (exact) mass is 339 g/mol. The van der Waals surface area contributed by atoms with Crippen LogP contribution in [0.5, 0.6) is 0 Å². The number of imidazole rings is 2. The summed E-state index contributed by atoms with van der Waals surface area (Å²) in [5, 5.41) is 0. The summed E-state index contributed by atoms with van der Waals surface area (Å²) in [6.07, 6.45) is 3.59. The lowest BCUT2D eigenvalue weighted by Gasteiger charge is -2.05. The van der Waals surface area contributed by atoms with Crippen LogP contribution in [0, 0.1) is 0 Å². The molecule has 5 aromatic rings. The van der Waals surface area contributed by atoms with Crippen molar-refractivity contribution in [3.8, 4) is 22.8 Å². The van der Waals surface area contributed by atoms with E-state index in [0.717, 1.165) is 44.8 Å². The molecule has 0 aliphatic rings. The van der Waals surface area contributed by atoms with E-state index in [4.69, 9.17) is 9.97 Å². The molecule has 2 aromatic carbocycles. The highest BCUT2D eigenvalue weighted by Gasteiger charge is 2.12. The maximum atomic E-state index is 4.77. The van der Waals surface area contributed by atoms with Crippen LogP contribution in [0.25, 0.3) is 44.8 Å². The molecule has 0 saturated heterocycles. The molecule has 5 rings (SSSR count). The summed E-state index contributed by atoms with van der Waals surface area (Å²) in [5.74, 6) is 1.90. The van der Waals surface area contributed by atoms with Gasteiger partial charge in [-0.15, -0.1) is 0 Å². The van der Waals surface area contributed by atoms with Crippen LogP contribution < -0.4 is 0 Å². The molecular formula is C21H17N5. The van der Waals surface area contributed by atoms with E-state index in [1.165, 1.54) is 0 Å². The average molecular weight is 339 g/mol. The summed E-state index contributed by atoms with van der Waals surface area (Å²) >= 11 is 0. The Morgan fingerprint density at radius 3 is 1.85 bits per heavy atom. The number of aromatic nitrogens is 5. The maximum Gasteiger partial charge on any atom is 0.140 e. The number of para-hydroxylation sites is 2. The lowest BCUT2D eigenvalue weighted by atomic mass is 10.1. The van der Waals surface area contributed by atoms with Crippen molar-refractivity contribution in [1.29, 1.82) is 0 Å². The molecule has 5 heteroatoms. The van der Waals surface area contributed by atoms with Crippen molar-refractivity contribution in [3.63, 3.8) is 0 Å². The van der Waals surface area contributed by atoms with Crippen LogP contribution in [0.15, 0.2) is 67.0 Å². The normalized spacial score (nSPS) is 11.5. The minimum Gasteiger partial charge on any atom is -0.327 e. The Morgan fingerprint density at radius 1 is 0.654 bits per heavy atom. The molecule has 26 heavy (non-hydrogen) atoms. The van der Waals surface area contributed by atoms with E-state index in [0.29, 0.717) is 0 Å². The molecule has 3 aromatic heterocycles. The fourth-order valence-electron chi connectivity index (χ4n) is 3.48. The fraction of sp³-hybridized carbons (Fsp3) is 0.0952. The van der Waals surface area contributed by atoms with Crippen LogP contribution in [-0.4, -0.2) is 24.1 Å². The number of nitrogens with zero attached hydrogens (tertiary/aromatic N) is 5. The van der Waals surface area contributed by atoms with Crippen LogP contribution in [0.4, 0.5) is 0 Å². The summed E-state index contributed by atoms with van der Waals surface area (Å²) in [7, 11) is 4.08. The smallest absolute Gasteiger partial charge is 0.140 e. The van der Waals surface area contributed by atoms with Gasteiger partial charge in [0.05, 0.1) is 22.7 Å². The van der Waals surface area contributed by atoms with E-state index < -0.39 is 0 Å². The van der Waals surface area contributed by atoms with Gasteiger partial charge < -0.3 is 9.13 Å². The van der Waals surface area contributed by atoms with Crippen molar-refractivity contribution in [1.82, 2.24) is 24.1 Å². The minimum atomic E-state index is 0.907. The van der Waals surface area contributed by atoms with Gasteiger partial charge in [-0.2, -0.15) is 0 Å². The lowest BCUT2D eigenvalue weighted by Crippen LogP contribution is -1.94. The first-order valence-electron chi connectivity index (χ1n) is 8.51. The molecule has 3 heterocycles. The zero-order chi connectivity index (χ0) is 17.7. The molecule has 0 aliphatic heterocycles. The molecule has 126 valence electrons. The molecule has 0 unspecified atom stereocenters. The molecule has 5 nitrogen and oxygen atoms in total. The van der Waals surface area contributed by atoms with Crippen molar-refractivity contribution < 1.29 is 0 Å². The third-order valence-electron chi connectivity index (χ3n) is 4.87. The van der Waals surface area contributed by atoms with Crippen molar-refractivity contribution in [2.24, 2.45) is 14.1 Å². The molecule has 0 N–H and O–H groups in total. The number of benzene rings is 2. The van der Waals surface area contributed by atoms with Gasteiger partial charge in [0.2, 0.25) is 0 Å². The summed E-state index contributed by atoms with van der Waals surface area (Å²) < 4.78 is 4.23. The zero-order valence-electron chi connectivity index (χ0n) is 14.6. The zero-order valence-corrected chi connectivity index (χ0v) is 14.6. The van der Waals surface area contributed by atoms with Gasteiger partial charge in [0.25, 0.3) is 0 Å². The Labute approximate surface area is 150 Å². The fourth-order valence-corrected chi connectivity index (χ4v) is 3.48. The quantitative estimate of drug-likeness (QED) is 0.484. The Bertz CT molecular complexity index is 1150. The van der Waals surface area contributed by atoms with E-state index in [-0.39, 0.29) is 0 Å². The van der Waals surface area contributed by atoms with Gasteiger partial charge >= 0.3 is 0 Å². The SMILES string of the molecule is Cn1c(-c2ccc(-c3nc4cnccc4n3C)cc2)nc2ccccc21. The van der Waals surface area contributed by atoms with E-state index in [1.54, 1.807) is 12.4 Å². The van der Waals surface area contributed by atoms with E-state index in [1.807, 2.05) is 31.3 Å². The van der Waals surface area contributed by atoms with Gasteiger partial charge in [-0.3, -0.25) is 4.98 Å². The topological polar surface area (TPSA) is 48.5 Å². The molecule has 0 amide bonds. The molecule has 0 atom stereocenters. The van der Waals surface area contributed by atoms with Gasteiger partial charge in [-0.1, -0.05) is 36.4 Å². The van der Waals surface area contributed by atoms with E-state index in [2.05, 4.69) is 51.5 Å². The van der Waals surface area contributed by atoms with E-state index >= 15 is 0 Å². The predicted molar refractivity (Wildman–Crippen MR) is 104 cm³/mol. The number of rotatable bonds is 2. The van der Waals surface area contributed by atoms with Crippen molar-refractivity contribution in [2.45, 2.75) is 0 Å². The number of pyridine rings is 1. The number of hydrogen-bond acceptors (Lipinski definition) is 3. The van der Waals surface area contributed by atoms with Crippen LogP contribution in [0.2, 0.25) is 0 Å². The highest BCUT2D eigenvalue weighted by molar-refractivity contribution is 5.82. The van der Waals surface area contributed by atoms with E-state index in [9.17, 15) is 0 Å². The van der Waals surface area contributed by atoms with Crippen LogP contribution >= 0.6 is 0 Å². The molecule has 0 fully saturated rings. The molecule has 0 spiro atoms. The Balaban J connectivity index is 1.60. The molecule has 0 radical (unpaired) electrons. The van der Waals surface area contributed by atoms with Crippen molar-refractivity contribution in [3.05, 3.63) is 67.0 Å². The van der Waals surface area contributed by atoms with Crippen molar-refractivity contribution in [2.75, 3.05) is 0 Å². The summed E-state index contributed by atoms with van der Waals surface area (Å²) in [6.45, 7) is 0. The molecular weight excluding hydrogens is 322 g/mol. The largest absolute Gasteiger partial charge is 0.327 e. The number of aryl methyl sites for hydroxylation is 2. The molecule has 0 bridgehead atoms. The van der Waals surface area contributed by atoms with Crippen LogP contribution in [0.3, 0.4) is 0 Å². The maximum absolute atomic E-state index is 4.77. The summed E-state index contributed by atoms with van der Waals surface area (Å²) in [6, 6.07) is 18.6. The average Bonchev–Trinajstić information content (AvgIpc) is 3.20. The van der Waals surface area contributed by atoms with Crippen LogP contribution in [0.1, 0.15) is 0 Å². The first-order chi connectivity index (χ1) is 12.7. The first-order valence-corrected chi connectivity index (χ1v) is 8.51. The predicted octanol–water partition coefficient (Wildman–Crippen LogP) is 4.19. The third kappa shape index (κ3) is 2.14. The van der Waals surface area contributed by atoms with Gasteiger partial charge in [0.15, 0.2) is 0 Å². The number of fused-ring (bicyclic) bond motifs is 2. The first kappa shape index (κ1) is 14.8. The molecule has 0 aliphatic carbocycles. The van der Waals surface area contributed by atoms with Crippen molar-refractivity contribution >= 4 is 22.1 Å².